The lowest BCUT2D eigenvalue weighted by molar-refractivity contribution is -0.133. The molecule has 1 aromatic carbocycles. The van der Waals surface area contributed by atoms with Crippen molar-refractivity contribution in [3.63, 3.8) is 0 Å². The molecule has 3 aliphatic heterocycles. The summed E-state index contributed by atoms with van der Waals surface area (Å²) in [6.45, 7) is 7.97. The molecule has 3 aliphatic rings. The van der Waals surface area contributed by atoms with Gasteiger partial charge in [-0.2, -0.15) is 0 Å². The van der Waals surface area contributed by atoms with E-state index in [-0.39, 0.29) is 11.8 Å². The van der Waals surface area contributed by atoms with E-state index in [1.54, 1.807) is 0 Å². The smallest absolute Gasteiger partial charge is 0.242 e. The summed E-state index contributed by atoms with van der Waals surface area (Å²) in [5, 5.41) is 0. The fourth-order valence-corrected chi connectivity index (χ4v) is 4.53. The van der Waals surface area contributed by atoms with Crippen LogP contribution in [0.2, 0.25) is 0 Å². The Morgan fingerprint density at radius 3 is 2.26 bits per heavy atom. The number of nitrogens with zero attached hydrogens (tertiary/aromatic N) is 4. The Balaban J connectivity index is 1.27. The second-order valence-electron chi connectivity index (χ2n) is 8.05. The minimum atomic E-state index is 0.198. The molecule has 0 spiro atoms. The Kier molecular flexibility index (Phi) is 5.34. The van der Waals surface area contributed by atoms with Gasteiger partial charge in [-0.25, -0.2) is 0 Å². The Hall–Kier alpha value is -2.08. The summed E-state index contributed by atoms with van der Waals surface area (Å²) in [5.41, 5.74) is 2.54. The SMILES string of the molecule is CC1Cc2ccccc2N1CC(=O)N1CCN(CC(=O)N2CCCC2)CC1. The van der Waals surface area contributed by atoms with Gasteiger partial charge in [0.15, 0.2) is 0 Å². The predicted molar refractivity (Wildman–Crippen MR) is 106 cm³/mol. The van der Waals surface area contributed by atoms with E-state index in [1.807, 2.05) is 15.9 Å². The average Bonchev–Trinajstić information content (AvgIpc) is 3.31. The summed E-state index contributed by atoms with van der Waals surface area (Å²) in [4.78, 5) is 33.5. The first-order valence-electron chi connectivity index (χ1n) is 10.2. The highest BCUT2D eigenvalue weighted by Gasteiger charge is 2.30. The molecule has 0 bridgehead atoms. The number of likely N-dealkylation sites (tertiary alicyclic amines) is 1. The molecule has 0 aliphatic carbocycles. The molecule has 0 radical (unpaired) electrons. The molecule has 3 heterocycles. The number of piperazine rings is 1. The standard InChI is InChI=1S/C21H30N4O2/c1-17-14-18-6-2-3-7-19(18)25(17)16-21(27)24-12-10-22(11-13-24)15-20(26)23-8-4-5-9-23/h2-3,6-7,17H,4-5,8-16H2,1H3. The molecule has 1 aromatic rings. The number of rotatable bonds is 4. The van der Waals surface area contributed by atoms with Crippen molar-refractivity contribution in [2.75, 3.05) is 57.3 Å². The summed E-state index contributed by atoms with van der Waals surface area (Å²) >= 11 is 0. The Morgan fingerprint density at radius 1 is 0.889 bits per heavy atom. The number of fused-ring (bicyclic) bond motifs is 1. The number of amides is 2. The highest BCUT2D eigenvalue weighted by molar-refractivity contribution is 5.83. The fraction of sp³-hybridized carbons (Fsp3) is 0.619. The minimum Gasteiger partial charge on any atom is -0.359 e. The largest absolute Gasteiger partial charge is 0.359 e. The van der Waals surface area contributed by atoms with Crippen LogP contribution in [0.25, 0.3) is 0 Å². The lowest BCUT2D eigenvalue weighted by atomic mass is 10.1. The Bertz CT molecular complexity index is 693. The van der Waals surface area contributed by atoms with E-state index in [1.165, 1.54) is 11.3 Å². The molecule has 0 saturated carbocycles. The van der Waals surface area contributed by atoms with Crippen molar-refractivity contribution in [3.8, 4) is 0 Å². The number of hydrogen-bond donors (Lipinski definition) is 0. The zero-order chi connectivity index (χ0) is 18.8. The number of para-hydroxylation sites is 1. The van der Waals surface area contributed by atoms with Gasteiger partial charge in [0.1, 0.15) is 0 Å². The lowest BCUT2D eigenvalue weighted by Gasteiger charge is -2.36. The van der Waals surface area contributed by atoms with Crippen LogP contribution in [0.15, 0.2) is 24.3 Å². The predicted octanol–water partition coefficient (Wildman–Crippen LogP) is 1.20. The van der Waals surface area contributed by atoms with Gasteiger partial charge >= 0.3 is 0 Å². The maximum atomic E-state index is 12.8. The van der Waals surface area contributed by atoms with E-state index in [9.17, 15) is 9.59 Å². The van der Waals surface area contributed by atoms with Gasteiger partial charge in [0.25, 0.3) is 0 Å². The highest BCUT2D eigenvalue weighted by Crippen LogP contribution is 2.31. The van der Waals surface area contributed by atoms with E-state index in [0.29, 0.717) is 19.1 Å². The topological polar surface area (TPSA) is 47.1 Å². The van der Waals surface area contributed by atoms with Crippen LogP contribution < -0.4 is 4.90 Å². The molecule has 6 nitrogen and oxygen atoms in total. The normalized spacial score (nSPS) is 23.0. The van der Waals surface area contributed by atoms with E-state index in [0.717, 1.165) is 58.5 Å². The van der Waals surface area contributed by atoms with Crippen LogP contribution in [-0.2, 0) is 16.0 Å². The van der Waals surface area contributed by atoms with Crippen molar-refractivity contribution in [2.45, 2.75) is 32.2 Å². The van der Waals surface area contributed by atoms with Crippen molar-refractivity contribution < 1.29 is 9.59 Å². The molecular weight excluding hydrogens is 340 g/mol. The van der Waals surface area contributed by atoms with Gasteiger partial charge in [-0.15, -0.1) is 0 Å². The van der Waals surface area contributed by atoms with Gasteiger partial charge < -0.3 is 14.7 Å². The number of carbonyl (C=O) groups excluding carboxylic acids is 2. The molecule has 0 N–H and O–H groups in total. The molecule has 27 heavy (non-hydrogen) atoms. The summed E-state index contributed by atoms with van der Waals surface area (Å²) in [6.07, 6.45) is 3.27. The van der Waals surface area contributed by atoms with Crippen LogP contribution in [0.3, 0.4) is 0 Å². The first kappa shape index (κ1) is 18.3. The number of carbonyl (C=O) groups is 2. The van der Waals surface area contributed by atoms with E-state index in [4.69, 9.17) is 0 Å². The van der Waals surface area contributed by atoms with Crippen LogP contribution in [-0.4, -0.2) is 84.9 Å². The molecule has 2 fully saturated rings. The molecule has 1 unspecified atom stereocenters. The molecular formula is C21H30N4O2. The van der Waals surface area contributed by atoms with Crippen LogP contribution in [0.5, 0.6) is 0 Å². The van der Waals surface area contributed by atoms with Gasteiger partial charge in [0.2, 0.25) is 11.8 Å². The van der Waals surface area contributed by atoms with Crippen LogP contribution in [0.4, 0.5) is 5.69 Å². The number of hydrogen-bond acceptors (Lipinski definition) is 4. The van der Waals surface area contributed by atoms with Gasteiger partial charge in [0.05, 0.1) is 13.1 Å². The zero-order valence-corrected chi connectivity index (χ0v) is 16.3. The third-order valence-corrected chi connectivity index (χ3v) is 6.20. The summed E-state index contributed by atoms with van der Waals surface area (Å²) < 4.78 is 0. The van der Waals surface area contributed by atoms with Crippen molar-refractivity contribution in [2.24, 2.45) is 0 Å². The van der Waals surface area contributed by atoms with Crippen molar-refractivity contribution in [1.82, 2.24) is 14.7 Å². The van der Waals surface area contributed by atoms with E-state index < -0.39 is 0 Å². The van der Waals surface area contributed by atoms with Crippen LogP contribution >= 0.6 is 0 Å². The molecule has 4 rings (SSSR count). The molecule has 146 valence electrons. The quantitative estimate of drug-likeness (QED) is 0.799. The van der Waals surface area contributed by atoms with Crippen molar-refractivity contribution in [3.05, 3.63) is 29.8 Å². The fourth-order valence-electron chi connectivity index (χ4n) is 4.53. The van der Waals surface area contributed by atoms with Crippen molar-refractivity contribution >= 4 is 17.5 Å². The first-order chi connectivity index (χ1) is 13.1. The van der Waals surface area contributed by atoms with Crippen molar-refractivity contribution in [1.29, 1.82) is 0 Å². The third kappa shape index (κ3) is 3.95. The van der Waals surface area contributed by atoms with Gasteiger partial charge in [-0.1, -0.05) is 18.2 Å². The maximum Gasteiger partial charge on any atom is 0.242 e. The lowest BCUT2D eigenvalue weighted by Crippen LogP contribution is -2.53. The monoisotopic (exact) mass is 370 g/mol. The second kappa shape index (κ2) is 7.89. The summed E-state index contributed by atoms with van der Waals surface area (Å²) in [7, 11) is 0. The summed E-state index contributed by atoms with van der Waals surface area (Å²) in [6, 6.07) is 8.76. The Labute approximate surface area is 161 Å². The highest BCUT2D eigenvalue weighted by atomic mass is 16.2. The molecule has 2 amide bonds. The van der Waals surface area contributed by atoms with Gasteiger partial charge in [-0.3, -0.25) is 14.5 Å². The van der Waals surface area contributed by atoms with Gasteiger partial charge in [0, 0.05) is 51.0 Å². The van der Waals surface area contributed by atoms with E-state index in [2.05, 4.69) is 34.9 Å². The molecule has 0 aromatic heterocycles. The zero-order valence-electron chi connectivity index (χ0n) is 16.3. The number of anilines is 1. The Morgan fingerprint density at radius 2 is 1.52 bits per heavy atom. The maximum absolute atomic E-state index is 12.8. The van der Waals surface area contributed by atoms with Crippen LogP contribution in [0.1, 0.15) is 25.3 Å². The average molecular weight is 370 g/mol. The van der Waals surface area contributed by atoms with Gasteiger partial charge in [-0.05, 0) is 37.8 Å². The third-order valence-electron chi connectivity index (χ3n) is 6.20. The second-order valence-corrected chi connectivity index (χ2v) is 8.05. The molecule has 6 heteroatoms. The molecule has 1 atom stereocenters. The minimum absolute atomic E-state index is 0.198. The summed E-state index contributed by atoms with van der Waals surface area (Å²) in [5.74, 6) is 0.443. The van der Waals surface area contributed by atoms with E-state index >= 15 is 0 Å². The van der Waals surface area contributed by atoms with Crippen LogP contribution in [0, 0.1) is 0 Å². The number of benzene rings is 1. The first-order valence-corrected chi connectivity index (χ1v) is 10.2. The molecule has 2 saturated heterocycles.